The van der Waals surface area contributed by atoms with Crippen LogP contribution in [-0.4, -0.2) is 31.7 Å². The molecule has 1 amide bonds. The third-order valence-corrected chi connectivity index (χ3v) is 8.49. The normalized spacial score (nSPS) is 14.8. The molecular weight excluding hydrogens is 440 g/mol. The summed E-state index contributed by atoms with van der Waals surface area (Å²) in [5.74, 6) is 0.557. The molecule has 1 fully saturated rings. The van der Waals surface area contributed by atoms with E-state index in [1.54, 1.807) is 46.4 Å². The van der Waals surface area contributed by atoms with Crippen LogP contribution < -0.4 is 5.32 Å². The van der Waals surface area contributed by atoms with Crippen molar-refractivity contribution in [3.05, 3.63) is 90.0 Å². The fraction of sp³-hybridized carbons (Fsp3) is 0.240. The number of nitrogens with one attached hydrogen (secondary N) is 1. The van der Waals surface area contributed by atoms with E-state index in [2.05, 4.69) is 17.4 Å². The maximum absolute atomic E-state index is 12.9. The Hall–Kier alpha value is -2.61. The molecule has 0 aliphatic carbocycles. The molecule has 7 heteroatoms. The number of hydrogen-bond acceptors (Lipinski definition) is 4. The Kier molecular flexibility index (Phi) is 7.29. The summed E-state index contributed by atoms with van der Waals surface area (Å²) < 4.78 is 27.2. The van der Waals surface area contributed by atoms with E-state index in [9.17, 15) is 13.2 Å². The average Bonchev–Trinajstić information content (AvgIpc) is 2.84. The quantitative estimate of drug-likeness (QED) is 0.473. The summed E-state index contributed by atoms with van der Waals surface area (Å²) in [6, 6.07) is 24.1. The molecule has 5 nitrogen and oxygen atoms in total. The molecule has 1 saturated heterocycles. The molecule has 0 bridgehead atoms. The Labute approximate surface area is 193 Å². The van der Waals surface area contributed by atoms with Gasteiger partial charge >= 0.3 is 0 Å². The molecular formula is C25H26N2O3S2. The molecule has 0 unspecified atom stereocenters. The fourth-order valence-corrected chi connectivity index (χ4v) is 6.20. The number of benzene rings is 3. The van der Waals surface area contributed by atoms with Gasteiger partial charge in [0, 0.05) is 29.4 Å². The zero-order valence-corrected chi connectivity index (χ0v) is 19.4. The van der Waals surface area contributed by atoms with Crippen molar-refractivity contribution < 1.29 is 13.2 Å². The molecule has 0 radical (unpaired) electrons. The number of carbonyl (C=O) groups is 1. The van der Waals surface area contributed by atoms with Gasteiger partial charge in [-0.3, -0.25) is 4.79 Å². The summed E-state index contributed by atoms with van der Waals surface area (Å²) in [6.07, 6.45) is 2.87. The first-order chi connectivity index (χ1) is 15.5. The van der Waals surface area contributed by atoms with Gasteiger partial charge in [-0.1, -0.05) is 48.9 Å². The lowest BCUT2D eigenvalue weighted by molar-refractivity contribution is 0.102. The van der Waals surface area contributed by atoms with E-state index in [0.29, 0.717) is 24.3 Å². The van der Waals surface area contributed by atoms with Gasteiger partial charge in [-0.25, -0.2) is 8.42 Å². The zero-order valence-electron chi connectivity index (χ0n) is 17.7. The van der Waals surface area contributed by atoms with E-state index in [-0.39, 0.29) is 10.8 Å². The lowest BCUT2D eigenvalue weighted by Gasteiger charge is -2.25. The first-order valence-electron chi connectivity index (χ1n) is 10.7. The van der Waals surface area contributed by atoms with Gasteiger partial charge in [0.2, 0.25) is 10.0 Å². The number of hydrogen-bond donors (Lipinski definition) is 1. The van der Waals surface area contributed by atoms with Crippen LogP contribution in [0.5, 0.6) is 0 Å². The standard InChI is InChI=1S/C25H26N2O3S2/c28-25(23-11-5-6-12-24(23)31-19-20-9-3-1-4-10-20)26-21-13-15-22(16-14-21)32(29,30)27-17-7-2-8-18-27/h1,3-6,9-16H,2,7-8,17-19H2,(H,26,28). The van der Waals surface area contributed by atoms with Crippen molar-refractivity contribution in [3.63, 3.8) is 0 Å². The van der Waals surface area contributed by atoms with Gasteiger partial charge in [-0.05, 0) is 54.8 Å². The Balaban J connectivity index is 1.44. The number of thioether (sulfide) groups is 1. The summed E-state index contributed by atoms with van der Waals surface area (Å²) in [5, 5.41) is 2.89. The first kappa shape index (κ1) is 22.6. The monoisotopic (exact) mass is 466 g/mol. The minimum Gasteiger partial charge on any atom is -0.322 e. The van der Waals surface area contributed by atoms with Gasteiger partial charge in [-0.2, -0.15) is 4.31 Å². The van der Waals surface area contributed by atoms with E-state index >= 15 is 0 Å². The van der Waals surface area contributed by atoms with Crippen LogP contribution in [0.3, 0.4) is 0 Å². The third-order valence-electron chi connectivity index (χ3n) is 5.43. The molecule has 32 heavy (non-hydrogen) atoms. The van der Waals surface area contributed by atoms with Crippen molar-refractivity contribution >= 4 is 33.4 Å². The highest BCUT2D eigenvalue weighted by Crippen LogP contribution is 2.27. The summed E-state index contributed by atoms with van der Waals surface area (Å²) in [7, 11) is -3.48. The second kappa shape index (κ2) is 10.3. The molecule has 3 aromatic carbocycles. The highest BCUT2D eigenvalue weighted by molar-refractivity contribution is 7.98. The molecule has 1 aliphatic rings. The second-order valence-electron chi connectivity index (χ2n) is 7.71. The topological polar surface area (TPSA) is 66.5 Å². The number of anilines is 1. The molecule has 4 rings (SSSR count). The Morgan fingerprint density at radius 1 is 0.844 bits per heavy atom. The van der Waals surface area contributed by atoms with Crippen LogP contribution in [0.1, 0.15) is 35.2 Å². The molecule has 1 aliphatic heterocycles. The second-order valence-corrected chi connectivity index (χ2v) is 10.7. The molecule has 0 saturated carbocycles. The SMILES string of the molecule is O=C(Nc1ccc(S(=O)(=O)N2CCCCC2)cc1)c1ccccc1SCc1ccccc1. The van der Waals surface area contributed by atoms with Gasteiger partial charge in [0.25, 0.3) is 5.91 Å². The van der Waals surface area contributed by atoms with Crippen LogP contribution in [0.2, 0.25) is 0 Å². The van der Waals surface area contributed by atoms with Gasteiger partial charge in [-0.15, -0.1) is 11.8 Å². The summed E-state index contributed by atoms with van der Waals surface area (Å²) in [5.41, 5.74) is 2.35. The lowest BCUT2D eigenvalue weighted by atomic mass is 10.2. The van der Waals surface area contributed by atoms with Crippen LogP contribution in [-0.2, 0) is 15.8 Å². The minimum absolute atomic E-state index is 0.215. The van der Waals surface area contributed by atoms with Crippen LogP contribution in [0, 0.1) is 0 Å². The highest BCUT2D eigenvalue weighted by Gasteiger charge is 2.25. The predicted octanol–water partition coefficient (Wildman–Crippen LogP) is 5.41. The number of nitrogens with zero attached hydrogens (tertiary/aromatic N) is 1. The fourth-order valence-electron chi connectivity index (χ4n) is 3.68. The third kappa shape index (κ3) is 5.41. The van der Waals surface area contributed by atoms with E-state index in [0.717, 1.165) is 29.9 Å². The molecule has 1 N–H and O–H groups in total. The van der Waals surface area contributed by atoms with Gasteiger partial charge in [0.15, 0.2) is 0 Å². The van der Waals surface area contributed by atoms with E-state index < -0.39 is 10.0 Å². The molecule has 0 spiro atoms. The number of sulfonamides is 1. The number of carbonyl (C=O) groups excluding carboxylic acids is 1. The maximum atomic E-state index is 12.9. The average molecular weight is 467 g/mol. The minimum atomic E-state index is -3.48. The smallest absolute Gasteiger partial charge is 0.256 e. The highest BCUT2D eigenvalue weighted by atomic mass is 32.2. The van der Waals surface area contributed by atoms with Crippen molar-refractivity contribution in [1.29, 1.82) is 0 Å². The van der Waals surface area contributed by atoms with Crippen LogP contribution in [0.25, 0.3) is 0 Å². The number of piperidine rings is 1. The van der Waals surface area contributed by atoms with Crippen molar-refractivity contribution in [2.45, 2.75) is 34.8 Å². The van der Waals surface area contributed by atoms with Crippen LogP contribution >= 0.6 is 11.8 Å². The Morgan fingerprint density at radius 3 is 2.22 bits per heavy atom. The lowest BCUT2D eigenvalue weighted by Crippen LogP contribution is -2.35. The molecule has 0 atom stereocenters. The maximum Gasteiger partial charge on any atom is 0.256 e. The summed E-state index contributed by atoms with van der Waals surface area (Å²) >= 11 is 1.61. The largest absolute Gasteiger partial charge is 0.322 e. The molecule has 3 aromatic rings. The molecule has 0 aromatic heterocycles. The van der Waals surface area contributed by atoms with Gasteiger partial charge in [0.1, 0.15) is 0 Å². The Morgan fingerprint density at radius 2 is 1.50 bits per heavy atom. The van der Waals surface area contributed by atoms with E-state index in [1.807, 2.05) is 36.4 Å². The van der Waals surface area contributed by atoms with Crippen molar-refractivity contribution in [2.75, 3.05) is 18.4 Å². The van der Waals surface area contributed by atoms with Crippen molar-refractivity contribution in [1.82, 2.24) is 4.31 Å². The van der Waals surface area contributed by atoms with Gasteiger partial charge < -0.3 is 5.32 Å². The molecule has 1 heterocycles. The summed E-state index contributed by atoms with van der Waals surface area (Å²) in [6.45, 7) is 1.14. The zero-order chi connectivity index (χ0) is 22.4. The number of rotatable bonds is 7. The predicted molar refractivity (Wildman–Crippen MR) is 129 cm³/mol. The Bertz CT molecular complexity index is 1160. The van der Waals surface area contributed by atoms with Crippen molar-refractivity contribution in [2.24, 2.45) is 0 Å². The van der Waals surface area contributed by atoms with Crippen LogP contribution in [0.15, 0.2) is 88.7 Å². The van der Waals surface area contributed by atoms with E-state index in [4.69, 9.17) is 0 Å². The van der Waals surface area contributed by atoms with Crippen molar-refractivity contribution in [3.8, 4) is 0 Å². The van der Waals surface area contributed by atoms with E-state index in [1.165, 1.54) is 5.56 Å². The first-order valence-corrected chi connectivity index (χ1v) is 13.1. The summed E-state index contributed by atoms with van der Waals surface area (Å²) in [4.78, 5) is 14.1. The van der Waals surface area contributed by atoms with Gasteiger partial charge in [0.05, 0.1) is 10.5 Å². The molecule has 166 valence electrons. The number of amides is 1. The van der Waals surface area contributed by atoms with Crippen LogP contribution in [0.4, 0.5) is 5.69 Å².